The van der Waals surface area contributed by atoms with Gasteiger partial charge in [-0.15, -0.1) is 0 Å². The maximum absolute atomic E-state index is 5.55. The van der Waals surface area contributed by atoms with Gasteiger partial charge in [0.2, 0.25) is 0 Å². The van der Waals surface area contributed by atoms with E-state index in [0.29, 0.717) is 6.10 Å². The number of nitrogens with one attached hydrogen (secondary N) is 1. The molecule has 0 radical (unpaired) electrons. The summed E-state index contributed by atoms with van der Waals surface area (Å²) >= 11 is 0. The predicted octanol–water partition coefficient (Wildman–Crippen LogP) is 1.10. The minimum atomic E-state index is 0.462. The fourth-order valence-corrected chi connectivity index (χ4v) is 2.57. The molecule has 2 fully saturated rings. The highest BCUT2D eigenvalue weighted by Gasteiger charge is 2.23. The zero-order valence-electron chi connectivity index (χ0n) is 9.87. The van der Waals surface area contributed by atoms with Crippen molar-refractivity contribution in [2.24, 2.45) is 5.92 Å². The standard InChI is InChI=1S/C12H24N2O/c1-11-12(4-9-15-11)10-13-5-8-14-6-2-3-7-14/h11-13H,2-10H2,1H3. The maximum Gasteiger partial charge on any atom is 0.0588 e. The number of hydrogen-bond acceptors (Lipinski definition) is 3. The summed E-state index contributed by atoms with van der Waals surface area (Å²) in [5.41, 5.74) is 0. The van der Waals surface area contributed by atoms with Crippen LogP contribution in [0.2, 0.25) is 0 Å². The highest BCUT2D eigenvalue weighted by molar-refractivity contribution is 4.75. The Balaban J connectivity index is 1.51. The van der Waals surface area contributed by atoms with Crippen molar-refractivity contribution < 1.29 is 4.74 Å². The molecule has 2 rings (SSSR count). The zero-order chi connectivity index (χ0) is 10.5. The van der Waals surface area contributed by atoms with E-state index in [1.165, 1.54) is 38.9 Å². The number of likely N-dealkylation sites (tertiary alicyclic amines) is 1. The molecule has 0 spiro atoms. The van der Waals surface area contributed by atoms with Gasteiger partial charge in [-0.25, -0.2) is 0 Å². The van der Waals surface area contributed by atoms with Gasteiger partial charge in [-0.3, -0.25) is 0 Å². The van der Waals surface area contributed by atoms with E-state index < -0.39 is 0 Å². The van der Waals surface area contributed by atoms with E-state index in [0.717, 1.165) is 25.6 Å². The van der Waals surface area contributed by atoms with Crippen LogP contribution in [0.3, 0.4) is 0 Å². The summed E-state index contributed by atoms with van der Waals surface area (Å²) in [6.45, 7) is 9.27. The zero-order valence-corrected chi connectivity index (χ0v) is 9.87. The van der Waals surface area contributed by atoms with Crippen molar-refractivity contribution >= 4 is 0 Å². The molecule has 2 saturated heterocycles. The van der Waals surface area contributed by atoms with E-state index in [2.05, 4.69) is 17.1 Å². The number of rotatable bonds is 5. The van der Waals surface area contributed by atoms with Gasteiger partial charge in [0.15, 0.2) is 0 Å². The summed E-state index contributed by atoms with van der Waals surface area (Å²) < 4.78 is 5.55. The molecule has 2 heterocycles. The van der Waals surface area contributed by atoms with Crippen LogP contribution in [0.15, 0.2) is 0 Å². The van der Waals surface area contributed by atoms with Crippen molar-refractivity contribution in [2.75, 3.05) is 39.3 Å². The summed E-state index contributed by atoms with van der Waals surface area (Å²) in [4.78, 5) is 2.56. The molecule has 88 valence electrons. The predicted molar refractivity (Wildman–Crippen MR) is 62.1 cm³/mol. The SMILES string of the molecule is CC1OCCC1CNCCN1CCCC1. The Kier molecular flexibility index (Phi) is 4.42. The first kappa shape index (κ1) is 11.4. The molecule has 0 saturated carbocycles. The number of nitrogens with zero attached hydrogens (tertiary/aromatic N) is 1. The molecule has 0 aliphatic carbocycles. The molecule has 2 unspecified atom stereocenters. The topological polar surface area (TPSA) is 24.5 Å². The lowest BCUT2D eigenvalue weighted by Crippen LogP contribution is -2.34. The molecular formula is C12H24N2O. The third-order valence-corrected chi connectivity index (χ3v) is 3.74. The Bertz CT molecular complexity index is 180. The van der Waals surface area contributed by atoms with E-state index in [9.17, 15) is 0 Å². The van der Waals surface area contributed by atoms with Crippen molar-refractivity contribution in [1.29, 1.82) is 0 Å². The average Bonchev–Trinajstić information content (AvgIpc) is 2.85. The Hall–Kier alpha value is -0.120. The molecule has 2 aliphatic heterocycles. The fraction of sp³-hybridized carbons (Fsp3) is 1.00. The first-order valence-corrected chi connectivity index (χ1v) is 6.41. The Morgan fingerprint density at radius 3 is 2.80 bits per heavy atom. The highest BCUT2D eigenvalue weighted by atomic mass is 16.5. The lowest BCUT2D eigenvalue weighted by molar-refractivity contribution is 0.105. The van der Waals surface area contributed by atoms with Gasteiger partial charge in [0.1, 0.15) is 0 Å². The van der Waals surface area contributed by atoms with E-state index >= 15 is 0 Å². The number of hydrogen-bond donors (Lipinski definition) is 1. The van der Waals surface area contributed by atoms with Gasteiger partial charge in [0, 0.05) is 26.2 Å². The first-order chi connectivity index (χ1) is 7.36. The molecule has 0 amide bonds. The van der Waals surface area contributed by atoms with Crippen LogP contribution in [-0.4, -0.2) is 50.3 Å². The lowest BCUT2D eigenvalue weighted by atomic mass is 10.0. The summed E-state index contributed by atoms with van der Waals surface area (Å²) in [7, 11) is 0. The molecule has 15 heavy (non-hydrogen) atoms. The Labute approximate surface area is 93.2 Å². The van der Waals surface area contributed by atoms with Crippen LogP contribution in [0.4, 0.5) is 0 Å². The minimum Gasteiger partial charge on any atom is -0.378 e. The molecule has 0 aromatic heterocycles. The van der Waals surface area contributed by atoms with Crippen LogP contribution < -0.4 is 5.32 Å². The first-order valence-electron chi connectivity index (χ1n) is 6.41. The normalized spacial score (nSPS) is 32.6. The second-order valence-electron chi connectivity index (χ2n) is 4.88. The van der Waals surface area contributed by atoms with Gasteiger partial charge in [0.05, 0.1) is 6.10 Å². The van der Waals surface area contributed by atoms with Crippen molar-refractivity contribution in [3.8, 4) is 0 Å². The molecule has 1 N–H and O–H groups in total. The second-order valence-corrected chi connectivity index (χ2v) is 4.88. The number of ether oxygens (including phenoxy) is 1. The van der Waals surface area contributed by atoms with E-state index in [1.807, 2.05) is 0 Å². The van der Waals surface area contributed by atoms with E-state index in [4.69, 9.17) is 4.74 Å². The molecule has 2 aliphatic rings. The summed E-state index contributed by atoms with van der Waals surface area (Å²) in [6.07, 6.45) is 4.49. The third kappa shape index (κ3) is 3.44. The maximum atomic E-state index is 5.55. The van der Waals surface area contributed by atoms with Crippen molar-refractivity contribution in [3.05, 3.63) is 0 Å². The minimum absolute atomic E-state index is 0.462. The summed E-state index contributed by atoms with van der Waals surface area (Å²) in [6, 6.07) is 0. The van der Waals surface area contributed by atoms with Gasteiger partial charge >= 0.3 is 0 Å². The summed E-state index contributed by atoms with van der Waals surface area (Å²) in [5.74, 6) is 0.739. The molecular weight excluding hydrogens is 188 g/mol. The van der Waals surface area contributed by atoms with Crippen LogP contribution in [0.5, 0.6) is 0 Å². The van der Waals surface area contributed by atoms with Gasteiger partial charge in [-0.2, -0.15) is 0 Å². The van der Waals surface area contributed by atoms with E-state index in [1.54, 1.807) is 0 Å². The Morgan fingerprint density at radius 1 is 1.33 bits per heavy atom. The molecule has 3 heteroatoms. The van der Waals surface area contributed by atoms with Crippen LogP contribution in [0.1, 0.15) is 26.2 Å². The van der Waals surface area contributed by atoms with Crippen LogP contribution in [0, 0.1) is 5.92 Å². The van der Waals surface area contributed by atoms with E-state index in [-0.39, 0.29) is 0 Å². The second kappa shape index (κ2) is 5.83. The van der Waals surface area contributed by atoms with Crippen LogP contribution in [0.25, 0.3) is 0 Å². The molecule has 0 bridgehead atoms. The third-order valence-electron chi connectivity index (χ3n) is 3.74. The quantitative estimate of drug-likeness (QED) is 0.691. The van der Waals surface area contributed by atoms with Gasteiger partial charge in [0.25, 0.3) is 0 Å². The van der Waals surface area contributed by atoms with Crippen LogP contribution >= 0.6 is 0 Å². The van der Waals surface area contributed by atoms with Crippen molar-refractivity contribution in [2.45, 2.75) is 32.3 Å². The van der Waals surface area contributed by atoms with Gasteiger partial charge in [-0.1, -0.05) is 0 Å². The van der Waals surface area contributed by atoms with Gasteiger partial charge < -0.3 is 15.0 Å². The van der Waals surface area contributed by atoms with Crippen molar-refractivity contribution in [3.63, 3.8) is 0 Å². The lowest BCUT2D eigenvalue weighted by Gasteiger charge is -2.17. The van der Waals surface area contributed by atoms with Crippen LogP contribution in [-0.2, 0) is 4.74 Å². The fourth-order valence-electron chi connectivity index (χ4n) is 2.57. The van der Waals surface area contributed by atoms with Gasteiger partial charge in [-0.05, 0) is 45.2 Å². The summed E-state index contributed by atoms with van der Waals surface area (Å²) in [5, 5.41) is 3.56. The monoisotopic (exact) mass is 212 g/mol. The average molecular weight is 212 g/mol. The smallest absolute Gasteiger partial charge is 0.0588 e. The largest absolute Gasteiger partial charge is 0.378 e. The van der Waals surface area contributed by atoms with Crippen molar-refractivity contribution in [1.82, 2.24) is 10.2 Å². The molecule has 0 aromatic carbocycles. The highest BCUT2D eigenvalue weighted by Crippen LogP contribution is 2.19. The Morgan fingerprint density at radius 2 is 2.13 bits per heavy atom. The molecule has 2 atom stereocenters. The molecule has 0 aromatic rings. The molecule has 3 nitrogen and oxygen atoms in total.